The average molecular weight is 679 g/mol. The molecule has 45 heavy (non-hydrogen) atoms. The number of carboxylic acids is 1. The zero-order chi connectivity index (χ0) is 23.9. The number of nitrogens with zero attached hydrogens (tertiary/aromatic N) is 2. The second kappa shape index (κ2) is 43.3. The van der Waals surface area contributed by atoms with Crippen molar-refractivity contribution in [3.63, 3.8) is 0 Å². The van der Waals surface area contributed by atoms with E-state index >= 15 is 0 Å². The Labute approximate surface area is 313 Å². The summed E-state index contributed by atoms with van der Waals surface area (Å²) in [5, 5.41) is 24.8. The van der Waals surface area contributed by atoms with Crippen molar-refractivity contribution < 1.29 is 63.1 Å². The van der Waals surface area contributed by atoms with Gasteiger partial charge < -0.3 is 35.0 Å². The van der Waals surface area contributed by atoms with Gasteiger partial charge in [0, 0.05) is 23.2 Å². The number of hydrogen-bond donors (Lipinski definition) is 3. The van der Waals surface area contributed by atoms with Crippen molar-refractivity contribution in [1.29, 1.82) is 0 Å². The summed E-state index contributed by atoms with van der Waals surface area (Å²) in [6.07, 6.45) is 0.0197. The van der Waals surface area contributed by atoms with Crippen molar-refractivity contribution in [1.82, 2.24) is 5.32 Å². The zero-order valence-corrected chi connectivity index (χ0v) is 23.0. The molecule has 0 aliphatic carbocycles. The predicted octanol–water partition coefficient (Wildman–Crippen LogP) is 4.80. The fourth-order valence-electron chi connectivity index (χ4n) is 3.65. The third-order valence-electron chi connectivity index (χ3n) is 5.30. The standard InChI is InChI=1S/C21H42N4O5.14CH4.Na/c1-9-15(18(22)27)10-16(19(28)29)11-21(2,3)20(30)23-14-25(7,8)13-17(26)12-24(4,5)6;;;;;;;;;;;;;;;/h15-17,26H,9-14H2,1-8H3,(H2-2,22,23,27,28,29,30);14*1H4;/q;;;;;;;;;;;;;;;+1/p+1. The van der Waals surface area contributed by atoms with Gasteiger partial charge in [0.1, 0.15) is 13.1 Å². The van der Waals surface area contributed by atoms with Crippen LogP contribution < -0.4 is 45.7 Å². The van der Waals surface area contributed by atoms with Gasteiger partial charge in [0.2, 0.25) is 11.8 Å². The van der Waals surface area contributed by atoms with Gasteiger partial charge in [-0.15, -0.1) is 0 Å². The molecule has 0 bridgehead atoms. The monoisotopic (exact) mass is 679 g/mol. The van der Waals surface area contributed by atoms with Crippen LogP contribution in [-0.4, -0.2) is 93.0 Å². The minimum absolute atomic E-state index is 0. The van der Waals surface area contributed by atoms with Crippen LogP contribution in [0.15, 0.2) is 0 Å². The Morgan fingerprint density at radius 2 is 1.11 bits per heavy atom. The summed E-state index contributed by atoms with van der Waals surface area (Å²) in [4.78, 5) is 35.9. The van der Waals surface area contributed by atoms with Gasteiger partial charge in [-0.2, -0.15) is 0 Å². The molecule has 9 nitrogen and oxygen atoms in total. The summed E-state index contributed by atoms with van der Waals surface area (Å²) < 4.78 is 1.02. The number of carbonyl (C=O) groups is 3. The molecule has 0 aliphatic rings. The summed E-state index contributed by atoms with van der Waals surface area (Å²) in [6.45, 7) is 6.48. The number of aliphatic hydroxyl groups excluding tert-OH is 1. The molecule has 0 heterocycles. The molecule has 0 aliphatic heterocycles. The van der Waals surface area contributed by atoms with Gasteiger partial charge in [-0.1, -0.05) is 125 Å². The van der Waals surface area contributed by atoms with Gasteiger partial charge in [-0.25, -0.2) is 0 Å². The van der Waals surface area contributed by atoms with Crippen molar-refractivity contribution in [3.05, 3.63) is 0 Å². The third-order valence-corrected chi connectivity index (χ3v) is 5.30. The number of rotatable bonds is 14. The molecular weight excluding hydrogens is 579 g/mol. The van der Waals surface area contributed by atoms with Crippen LogP contribution in [0.1, 0.15) is 144 Å². The molecule has 0 aromatic carbocycles. The van der Waals surface area contributed by atoms with E-state index in [0.717, 1.165) is 0 Å². The molecular formula is C35H99N4NaO5+2. The van der Waals surface area contributed by atoms with E-state index in [9.17, 15) is 24.6 Å². The van der Waals surface area contributed by atoms with E-state index in [1.165, 1.54) is 0 Å². The van der Waals surface area contributed by atoms with E-state index in [2.05, 4.69) is 5.32 Å². The number of nitrogens with one attached hydrogen (secondary N) is 1. The Morgan fingerprint density at radius 3 is 1.38 bits per heavy atom. The van der Waals surface area contributed by atoms with Crippen LogP contribution >= 0.6 is 0 Å². The van der Waals surface area contributed by atoms with Gasteiger partial charge >= 0.3 is 29.6 Å². The van der Waals surface area contributed by atoms with Crippen molar-refractivity contribution in [2.24, 2.45) is 23.0 Å². The van der Waals surface area contributed by atoms with Crippen molar-refractivity contribution in [2.75, 3.05) is 55.0 Å². The van der Waals surface area contributed by atoms with Crippen molar-refractivity contribution in [3.8, 4) is 0 Å². The van der Waals surface area contributed by atoms with Crippen LogP contribution in [0, 0.1) is 17.3 Å². The fourth-order valence-corrected chi connectivity index (χ4v) is 3.65. The molecule has 10 heteroatoms. The van der Waals surface area contributed by atoms with Crippen LogP contribution in [0.25, 0.3) is 0 Å². The minimum atomic E-state index is -1.28. The summed E-state index contributed by atoms with van der Waals surface area (Å²) in [5.41, 5.74) is 4.37. The Kier molecular flexibility index (Phi) is 99.8. The molecule has 0 saturated carbocycles. The molecule has 0 saturated heterocycles. The van der Waals surface area contributed by atoms with Crippen LogP contribution in [0.3, 0.4) is 0 Å². The third kappa shape index (κ3) is 45.5. The number of primary amides is 1. The quantitative estimate of drug-likeness (QED) is 0.138. The first-order chi connectivity index (χ1) is 13.4. The molecule has 3 atom stereocenters. The first kappa shape index (κ1) is 104. The van der Waals surface area contributed by atoms with Crippen LogP contribution in [0.4, 0.5) is 0 Å². The Morgan fingerprint density at radius 1 is 0.756 bits per heavy atom. The molecule has 0 radical (unpaired) electrons. The van der Waals surface area contributed by atoms with E-state index in [1.54, 1.807) is 20.8 Å². The second-order valence-electron chi connectivity index (χ2n) is 10.8. The van der Waals surface area contributed by atoms with Gasteiger partial charge in [-0.05, 0) is 19.3 Å². The van der Waals surface area contributed by atoms with Crippen LogP contribution in [0.2, 0.25) is 0 Å². The predicted molar refractivity (Wildman–Crippen MR) is 208 cm³/mol. The average Bonchev–Trinajstić information content (AvgIpc) is 2.53. The van der Waals surface area contributed by atoms with Crippen LogP contribution in [0.5, 0.6) is 0 Å². The Bertz CT molecular complexity index is 611. The molecule has 0 aromatic rings. The summed E-state index contributed by atoms with van der Waals surface area (Å²) in [6, 6.07) is 0. The van der Waals surface area contributed by atoms with E-state index in [1.807, 2.05) is 35.2 Å². The first-order valence-electron chi connectivity index (χ1n) is 10.5. The van der Waals surface area contributed by atoms with Crippen molar-refractivity contribution in [2.45, 2.75) is 150 Å². The molecule has 0 fully saturated rings. The number of carboxylic acid groups (broad SMARTS) is 1. The first-order valence-corrected chi connectivity index (χ1v) is 10.5. The summed E-state index contributed by atoms with van der Waals surface area (Å²) >= 11 is 0. The van der Waals surface area contributed by atoms with Crippen molar-refractivity contribution >= 4 is 17.8 Å². The van der Waals surface area contributed by atoms with E-state index in [-0.39, 0.29) is 152 Å². The molecule has 0 spiro atoms. The number of carbonyl (C=O) groups excluding carboxylic acids is 3. The molecule has 3 unspecified atom stereocenters. The number of nitrogens with two attached hydrogens (primary N) is 1. The van der Waals surface area contributed by atoms with Crippen LogP contribution in [-0.2, 0) is 14.4 Å². The van der Waals surface area contributed by atoms with Gasteiger partial charge in [0.25, 0.3) is 0 Å². The molecule has 4 N–H and O–H groups in total. The number of quaternary nitrogens is 2. The molecule has 0 aromatic heterocycles. The van der Waals surface area contributed by atoms with Gasteiger partial charge in [-0.3, -0.25) is 9.59 Å². The fraction of sp³-hybridized carbons (Fsp3) is 0.914. The maximum Gasteiger partial charge on any atom is 1.00 e. The zero-order valence-electron chi connectivity index (χ0n) is 21.0. The van der Waals surface area contributed by atoms with E-state index in [0.29, 0.717) is 35.1 Å². The topological polar surface area (TPSA) is 133 Å². The van der Waals surface area contributed by atoms with Gasteiger partial charge in [0.15, 0.2) is 12.8 Å². The maximum absolute atomic E-state index is 12.8. The molecule has 288 valence electrons. The van der Waals surface area contributed by atoms with E-state index < -0.39 is 35.2 Å². The van der Waals surface area contributed by atoms with E-state index in [4.69, 9.17) is 5.73 Å². The summed E-state index contributed by atoms with van der Waals surface area (Å²) in [7, 11) is 9.83. The smallest absolute Gasteiger partial charge is 0.550 e. The number of aliphatic hydroxyl groups is 1. The molecule has 2 amide bonds. The minimum Gasteiger partial charge on any atom is -0.550 e. The van der Waals surface area contributed by atoms with Gasteiger partial charge in [0.05, 0.1) is 35.2 Å². The Balaban J connectivity index is -0.0000000400. The Hall–Kier alpha value is -0.710. The normalized spacial score (nSPS) is 10.6. The molecule has 0 rings (SSSR count). The number of aliphatic carboxylic acids is 1. The summed E-state index contributed by atoms with van der Waals surface area (Å²) in [5.74, 6) is -3.62. The largest absolute Gasteiger partial charge is 1.00 e. The SMILES string of the molecule is C.C.C.C.C.C.C.C.C.C.C.C.C.C.CCC(CC(CC(C)(C)C(=O)NC[N+](C)(C)CC(O)C[N+](C)(C)C)C(=O)[O-])C(N)=O.[Na+]. The number of hydrogen-bond acceptors (Lipinski definition) is 5. The second-order valence-corrected chi connectivity index (χ2v) is 10.8. The number of likely N-dealkylation sites (N-methyl/N-ethyl adjacent to an activating group) is 2. The maximum atomic E-state index is 12.8. The number of amides is 2.